The van der Waals surface area contributed by atoms with E-state index >= 15 is 0 Å². The molecule has 5 heteroatoms. The Kier molecular flexibility index (Phi) is 12.7. The van der Waals surface area contributed by atoms with Crippen molar-refractivity contribution in [3.8, 4) is 0 Å². The molecule has 0 saturated heterocycles. The SMILES string of the molecule is ClB(Cl)Cl.[Ar]. The molecule has 0 aliphatic carbocycles. The summed E-state index contributed by atoms with van der Waals surface area (Å²) in [6.45, 7) is 0. The molecule has 0 unspecified atom stereocenters. The van der Waals surface area contributed by atoms with Crippen molar-refractivity contribution in [1.82, 2.24) is 0 Å². The molecule has 0 aromatic carbocycles. The van der Waals surface area contributed by atoms with Crippen LogP contribution in [0.1, 0.15) is 0 Å². The third-order valence-electron chi connectivity index (χ3n) is 0. The van der Waals surface area contributed by atoms with E-state index in [1.54, 1.807) is 0 Å². The molecule has 0 fully saturated rings. The van der Waals surface area contributed by atoms with Gasteiger partial charge >= 0.3 is 4.96 Å². The first-order valence-corrected chi connectivity index (χ1v) is 1.96. The summed E-state index contributed by atoms with van der Waals surface area (Å²) in [5.41, 5.74) is 0. The summed E-state index contributed by atoms with van der Waals surface area (Å²) < 4.78 is 0. The smallest absolute Gasteiger partial charge is 0.150 e. The van der Waals surface area contributed by atoms with Crippen LogP contribution in [0.4, 0.5) is 0 Å². The van der Waals surface area contributed by atoms with Crippen molar-refractivity contribution in [3.63, 3.8) is 0 Å². The van der Waals surface area contributed by atoms with Gasteiger partial charge in [0.25, 0.3) is 0 Å². The van der Waals surface area contributed by atoms with E-state index in [1.807, 2.05) is 0 Å². The van der Waals surface area contributed by atoms with Gasteiger partial charge in [0.05, 0.1) is 0 Å². The fourth-order valence-corrected chi connectivity index (χ4v) is 0. The van der Waals surface area contributed by atoms with Crippen molar-refractivity contribution >= 4 is 39.3 Å². The van der Waals surface area contributed by atoms with Gasteiger partial charge in [-0.15, -0.1) is 0 Å². The molecule has 0 atom stereocenters. The second-order valence-electron chi connectivity index (χ2n) is 0.247. The zero-order valence-electron chi connectivity index (χ0n) is 2.06. The average Bonchev–Trinajstić information content (AvgIpc) is 0.811. The van der Waals surface area contributed by atoms with E-state index in [-0.39, 0.29) is 37.7 Å². The third kappa shape index (κ3) is 22.6. The van der Waals surface area contributed by atoms with Gasteiger partial charge in [0.1, 0.15) is 0 Å². The van der Waals surface area contributed by atoms with Crippen LogP contribution >= 0.6 is 34.4 Å². The maximum atomic E-state index is 4.81. The zero-order chi connectivity index (χ0) is 3.58. The van der Waals surface area contributed by atoms with Crippen LogP contribution in [0.2, 0.25) is 0 Å². The summed E-state index contributed by atoms with van der Waals surface area (Å²) >= 11 is 14.4. The molecule has 0 radical (unpaired) electrons. The standard InChI is InChI=1S/Ar.BCl3/c;2-1(3)4. The summed E-state index contributed by atoms with van der Waals surface area (Å²) in [5.74, 6) is 0. The van der Waals surface area contributed by atoms with E-state index in [4.69, 9.17) is 34.4 Å². The van der Waals surface area contributed by atoms with E-state index in [1.165, 1.54) is 0 Å². The van der Waals surface area contributed by atoms with Crippen molar-refractivity contribution in [2.45, 2.75) is 0 Å². The number of rotatable bonds is 0. The van der Waals surface area contributed by atoms with E-state index < -0.39 is 4.96 Å². The molecule has 0 spiro atoms. The maximum Gasteiger partial charge on any atom is 0.450 e. The maximum absolute atomic E-state index is 4.81. The minimum absolute atomic E-state index is 0. The van der Waals surface area contributed by atoms with E-state index in [2.05, 4.69) is 0 Å². The Morgan fingerprint density at radius 3 is 1.00 bits per heavy atom. The van der Waals surface area contributed by atoms with Gasteiger partial charge in [-0.05, 0) is 0 Å². The van der Waals surface area contributed by atoms with Crippen LogP contribution in [-0.4, -0.2) is 4.96 Å². The van der Waals surface area contributed by atoms with Gasteiger partial charge in [0, 0.05) is 37.7 Å². The van der Waals surface area contributed by atoms with Gasteiger partial charge in [-0.1, -0.05) is 0 Å². The second kappa shape index (κ2) is 6.19. The van der Waals surface area contributed by atoms with E-state index in [0.717, 1.165) is 0 Å². The molecule has 0 aromatic heterocycles. The topological polar surface area (TPSA) is 0 Å². The molecular formula is ArBCl3. The first-order valence-electron chi connectivity index (χ1n) is 0.655. The van der Waals surface area contributed by atoms with Crippen molar-refractivity contribution in [3.05, 3.63) is 0 Å². The third-order valence-corrected chi connectivity index (χ3v) is 0. The van der Waals surface area contributed by atoms with Gasteiger partial charge < -0.3 is 0 Å². The molecule has 0 bridgehead atoms. The van der Waals surface area contributed by atoms with Crippen molar-refractivity contribution in [2.24, 2.45) is 0 Å². The van der Waals surface area contributed by atoms with Crippen LogP contribution in [0.5, 0.6) is 0 Å². The van der Waals surface area contributed by atoms with Gasteiger partial charge in [-0.2, -0.15) is 34.4 Å². The van der Waals surface area contributed by atoms with Gasteiger partial charge in [-0.25, -0.2) is 0 Å². The summed E-state index contributed by atoms with van der Waals surface area (Å²) in [6, 6.07) is 0. The van der Waals surface area contributed by atoms with Crippen LogP contribution in [0.3, 0.4) is 0 Å². The molecular weight excluding hydrogens is 157 g/mol. The first-order chi connectivity index (χ1) is 1.73. The molecule has 0 amide bonds. The molecule has 0 saturated carbocycles. The monoisotopic (exact) mass is 156 g/mol. The molecule has 0 aliphatic rings. The normalized spacial score (nSPS) is 5.40. The number of hydrogen-bond donors (Lipinski definition) is 0. The van der Waals surface area contributed by atoms with Crippen LogP contribution in [0.15, 0.2) is 0 Å². The number of halogens is 3. The minimum Gasteiger partial charge on any atom is -0.150 e. The fraction of sp³-hybridized carbons (Fsp3) is 0. The summed E-state index contributed by atoms with van der Waals surface area (Å²) in [4.78, 5) is -0.750. The Hall–Kier alpha value is 2.19. The van der Waals surface area contributed by atoms with Crippen molar-refractivity contribution in [2.75, 3.05) is 0 Å². The van der Waals surface area contributed by atoms with Crippen LogP contribution < -0.4 is 0 Å². The summed E-state index contributed by atoms with van der Waals surface area (Å²) in [6.07, 6.45) is 0. The van der Waals surface area contributed by atoms with Gasteiger partial charge in [0.15, 0.2) is 0 Å². The molecule has 0 aromatic rings. The fourth-order valence-electron chi connectivity index (χ4n) is 0. The van der Waals surface area contributed by atoms with Crippen molar-refractivity contribution < 1.29 is 37.7 Å². The molecule has 32 valence electrons. The largest absolute Gasteiger partial charge is 0.450 e. The van der Waals surface area contributed by atoms with E-state index in [9.17, 15) is 0 Å². The van der Waals surface area contributed by atoms with Crippen molar-refractivity contribution in [1.29, 1.82) is 0 Å². The second-order valence-corrected chi connectivity index (χ2v) is 2.23. The van der Waals surface area contributed by atoms with Gasteiger partial charge in [0.2, 0.25) is 0 Å². The molecule has 0 nitrogen and oxygen atoms in total. The zero-order valence-corrected chi connectivity index (χ0v) is 5.04. The Labute approximate surface area is 76.0 Å². The predicted molar refractivity (Wildman–Crippen MR) is 23.3 cm³/mol. The number of hydrogen-bond acceptors (Lipinski definition) is 0. The Bertz CT molecular complexity index is 11.6. The molecule has 0 rings (SSSR count). The average molecular weight is 157 g/mol. The first kappa shape index (κ1) is 10.2. The molecule has 0 N–H and O–H groups in total. The minimum atomic E-state index is -0.750. The predicted octanol–water partition coefficient (Wildman–Crippen LogP) is 1.69. The Balaban J connectivity index is 0. The molecule has 0 aliphatic heterocycles. The van der Waals surface area contributed by atoms with Crippen LogP contribution in [0, 0.1) is 37.7 Å². The summed E-state index contributed by atoms with van der Waals surface area (Å²) in [7, 11) is 0. The quantitative estimate of drug-likeness (QED) is 0.469. The molecule has 5 heavy (non-hydrogen) atoms. The van der Waals surface area contributed by atoms with Gasteiger partial charge in [-0.3, -0.25) is 0 Å². The molecule has 0 heterocycles. The summed E-state index contributed by atoms with van der Waals surface area (Å²) in [5, 5.41) is 0. The Morgan fingerprint density at radius 2 is 1.00 bits per heavy atom. The Morgan fingerprint density at radius 1 is 1.00 bits per heavy atom. The van der Waals surface area contributed by atoms with Crippen LogP contribution in [0.25, 0.3) is 0 Å². The van der Waals surface area contributed by atoms with Crippen LogP contribution in [-0.2, 0) is 0 Å². The van der Waals surface area contributed by atoms with E-state index in [0.29, 0.717) is 0 Å².